The van der Waals surface area contributed by atoms with Crippen LogP contribution in [0.15, 0.2) is 48.9 Å². The third kappa shape index (κ3) is 6.51. The third-order valence-electron chi connectivity index (χ3n) is 7.44. The second kappa shape index (κ2) is 12.0. The Balaban J connectivity index is 1.39. The summed E-state index contributed by atoms with van der Waals surface area (Å²) in [5.74, 6) is -0.215. The van der Waals surface area contributed by atoms with Crippen molar-refractivity contribution in [2.45, 2.75) is 51.1 Å². The first-order chi connectivity index (χ1) is 17.4. The Bertz CT molecular complexity index is 1170. The number of hydrogen-bond acceptors (Lipinski definition) is 5. The van der Waals surface area contributed by atoms with Crippen LogP contribution in [0, 0.1) is 5.41 Å². The van der Waals surface area contributed by atoms with E-state index in [0.29, 0.717) is 28.6 Å². The van der Waals surface area contributed by atoms with Gasteiger partial charge in [-0.25, -0.2) is 4.39 Å². The van der Waals surface area contributed by atoms with E-state index in [1.54, 1.807) is 25.3 Å². The van der Waals surface area contributed by atoms with Crippen molar-refractivity contribution in [2.75, 3.05) is 26.7 Å². The first-order valence-corrected chi connectivity index (χ1v) is 12.9. The fraction of sp³-hybridized carbons (Fsp3) is 0.464. The zero-order valence-corrected chi connectivity index (χ0v) is 21.4. The number of likely N-dealkylation sites (tertiary alicyclic amines) is 1. The summed E-state index contributed by atoms with van der Waals surface area (Å²) < 4.78 is 21.0. The summed E-state index contributed by atoms with van der Waals surface area (Å²) in [4.78, 5) is 22.5. The summed E-state index contributed by atoms with van der Waals surface area (Å²) in [6, 6.07) is 9.41. The zero-order valence-electron chi connectivity index (χ0n) is 20.6. The molecule has 0 spiro atoms. The molecule has 0 aliphatic carbocycles. The van der Waals surface area contributed by atoms with Gasteiger partial charge in [-0.1, -0.05) is 11.6 Å². The van der Waals surface area contributed by atoms with Crippen molar-refractivity contribution < 1.29 is 19.0 Å². The highest BCUT2D eigenvalue weighted by molar-refractivity contribution is 6.32. The van der Waals surface area contributed by atoms with Gasteiger partial charge in [-0.15, -0.1) is 0 Å². The minimum absolute atomic E-state index is 0.0588. The lowest BCUT2D eigenvalue weighted by Crippen LogP contribution is -2.41. The predicted molar refractivity (Wildman–Crippen MR) is 139 cm³/mol. The van der Waals surface area contributed by atoms with E-state index >= 15 is 4.39 Å². The number of rotatable bonds is 11. The molecular weight excluding hydrogens is 481 g/mol. The number of piperidine rings is 1. The van der Waals surface area contributed by atoms with Crippen LogP contribution in [0.2, 0.25) is 5.02 Å². The van der Waals surface area contributed by atoms with Crippen LogP contribution in [0.3, 0.4) is 0 Å². The van der Waals surface area contributed by atoms with Gasteiger partial charge in [0, 0.05) is 29.5 Å². The number of carboxylic acids is 1. The number of fused-ring (bicyclic) bond motifs is 1. The highest BCUT2D eigenvalue weighted by atomic mass is 35.5. The summed E-state index contributed by atoms with van der Waals surface area (Å²) in [6.45, 7) is 2.63. The highest BCUT2D eigenvalue weighted by Crippen LogP contribution is 2.44. The molecule has 192 valence electrons. The molecule has 0 radical (unpaired) electrons. The van der Waals surface area contributed by atoms with Gasteiger partial charge in [-0.3, -0.25) is 14.8 Å². The van der Waals surface area contributed by atoms with Gasteiger partial charge in [-0.2, -0.15) is 0 Å². The number of ether oxygens (including phenoxy) is 1. The molecule has 6 nitrogen and oxygen atoms in total. The van der Waals surface area contributed by atoms with E-state index in [1.807, 2.05) is 24.5 Å². The van der Waals surface area contributed by atoms with E-state index in [9.17, 15) is 9.90 Å². The average Bonchev–Trinajstić information content (AvgIpc) is 2.88. The number of benzene rings is 1. The molecule has 1 N–H and O–H groups in total. The molecule has 1 aliphatic heterocycles. The number of halogens is 2. The van der Waals surface area contributed by atoms with Crippen molar-refractivity contribution in [2.24, 2.45) is 5.41 Å². The standard InChI is InChI=1S/C28H33ClFN3O3/c1-36-21-4-5-25-22(17-21)27(23(29)19-32-25)24(30)6-9-28(18-26(34)35)10-15-33(16-11-28)14-2-3-20-7-12-31-13-8-20/h4-5,7-8,12-13,17,19,24H,2-3,6,9-11,14-16,18H2,1H3,(H,34,35). The number of carboxylic acid groups (broad SMARTS) is 1. The molecule has 8 heteroatoms. The van der Waals surface area contributed by atoms with E-state index in [0.717, 1.165) is 45.3 Å². The maximum Gasteiger partial charge on any atom is 0.303 e. The molecule has 2 aromatic heterocycles. The molecule has 3 heterocycles. The number of nitrogens with zero attached hydrogens (tertiary/aromatic N) is 3. The molecule has 1 aromatic carbocycles. The number of methoxy groups -OCH3 is 1. The largest absolute Gasteiger partial charge is 0.497 e. The van der Waals surface area contributed by atoms with Gasteiger partial charge < -0.3 is 14.7 Å². The van der Waals surface area contributed by atoms with Crippen LogP contribution in [0.1, 0.15) is 55.8 Å². The molecule has 1 fully saturated rings. The Morgan fingerprint density at radius 3 is 2.69 bits per heavy atom. The Morgan fingerprint density at radius 2 is 2.00 bits per heavy atom. The monoisotopic (exact) mass is 513 g/mol. The van der Waals surface area contributed by atoms with E-state index in [1.165, 1.54) is 11.8 Å². The minimum atomic E-state index is -1.32. The number of carbonyl (C=O) groups is 1. The molecule has 1 aliphatic rings. The Morgan fingerprint density at radius 1 is 1.25 bits per heavy atom. The Hall–Kier alpha value is -2.77. The molecular formula is C28H33ClFN3O3. The van der Waals surface area contributed by atoms with Crippen LogP contribution in [-0.2, 0) is 11.2 Å². The lowest BCUT2D eigenvalue weighted by molar-refractivity contribution is -0.141. The Kier molecular flexibility index (Phi) is 8.75. The summed E-state index contributed by atoms with van der Waals surface area (Å²) in [6.07, 6.45) is 8.09. The van der Waals surface area contributed by atoms with Crippen molar-refractivity contribution in [3.05, 3.63) is 65.1 Å². The second-order valence-electron chi connectivity index (χ2n) is 9.78. The van der Waals surface area contributed by atoms with Gasteiger partial charge in [0.25, 0.3) is 0 Å². The molecule has 3 aromatic rings. The van der Waals surface area contributed by atoms with Crippen molar-refractivity contribution in [1.82, 2.24) is 14.9 Å². The van der Waals surface area contributed by atoms with Crippen molar-refractivity contribution in [3.8, 4) is 5.75 Å². The average molecular weight is 514 g/mol. The summed E-state index contributed by atoms with van der Waals surface area (Å²) in [5.41, 5.74) is 1.92. The maximum atomic E-state index is 15.7. The van der Waals surface area contributed by atoms with Crippen LogP contribution >= 0.6 is 11.6 Å². The maximum absolute atomic E-state index is 15.7. The number of aliphatic carboxylic acids is 1. The van der Waals surface area contributed by atoms with Gasteiger partial charge in [0.1, 0.15) is 11.9 Å². The number of hydrogen-bond donors (Lipinski definition) is 1. The van der Waals surface area contributed by atoms with Gasteiger partial charge in [0.2, 0.25) is 0 Å². The van der Waals surface area contributed by atoms with Crippen molar-refractivity contribution in [3.63, 3.8) is 0 Å². The SMILES string of the molecule is COc1ccc2ncc(Cl)c(C(F)CCC3(CC(=O)O)CCN(CCCc4ccncc4)CC3)c2c1. The normalized spacial score (nSPS) is 16.6. The predicted octanol–water partition coefficient (Wildman–Crippen LogP) is 6.27. The molecule has 0 bridgehead atoms. The smallest absolute Gasteiger partial charge is 0.303 e. The molecule has 1 saturated heterocycles. The van der Waals surface area contributed by atoms with Crippen molar-refractivity contribution in [1.29, 1.82) is 0 Å². The van der Waals surface area contributed by atoms with Crippen LogP contribution < -0.4 is 4.74 Å². The van der Waals surface area contributed by atoms with E-state index in [2.05, 4.69) is 14.9 Å². The fourth-order valence-corrected chi connectivity index (χ4v) is 5.60. The fourth-order valence-electron chi connectivity index (χ4n) is 5.33. The van der Waals surface area contributed by atoms with Crippen LogP contribution in [0.4, 0.5) is 4.39 Å². The first kappa shape index (κ1) is 26.3. The molecule has 0 saturated carbocycles. The number of aromatic nitrogens is 2. The second-order valence-corrected chi connectivity index (χ2v) is 10.2. The lowest BCUT2D eigenvalue weighted by Gasteiger charge is -2.41. The van der Waals surface area contributed by atoms with Crippen LogP contribution in [-0.4, -0.2) is 52.7 Å². The molecule has 36 heavy (non-hydrogen) atoms. The van der Waals surface area contributed by atoms with Gasteiger partial charge >= 0.3 is 5.97 Å². The van der Waals surface area contributed by atoms with Crippen LogP contribution in [0.5, 0.6) is 5.75 Å². The van der Waals surface area contributed by atoms with E-state index in [4.69, 9.17) is 16.3 Å². The number of aryl methyl sites for hydroxylation is 1. The third-order valence-corrected chi connectivity index (χ3v) is 7.74. The molecule has 1 atom stereocenters. The first-order valence-electron chi connectivity index (χ1n) is 12.5. The van der Waals surface area contributed by atoms with E-state index < -0.39 is 17.6 Å². The quantitative estimate of drug-likeness (QED) is 0.325. The molecule has 0 amide bonds. The van der Waals surface area contributed by atoms with Gasteiger partial charge in [0.15, 0.2) is 0 Å². The number of alkyl halides is 1. The van der Waals surface area contributed by atoms with Gasteiger partial charge in [0.05, 0.1) is 24.1 Å². The lowest BCUT2D eigenvalue weighted by atomic mass is 9.71. The summed E-state index contributed by atoms with van der Waals surface area (Å²) >= 11 is 6.40. The Labute approximate surface area is 216 Å². The van der Waals surface area contributed by atoms with Gasteiger partial charge in [-0.05, 0) is 99.5 Å². The summed E-state index contributed by atoms with van der Waals surface area (Å²) in [7, 11) is 1.56. The van der Waals surface area contributed by atoms with Crippen molar-refractivity contribution >= 4 is 28.5 Å². The van der Waals surface area contributed by atoms with Crippen LogP contribution in [0.25, 0.3) is 10.9 Å². The number of pyridine rings is 2. The summed E-state index contributed by atoms with van der Waals surface area (Å²) in [5, 5.41) is 10.5. The van der Waals surface area contributed by atoms with E-state index in [-0.39, 0.29) is 17.9 Å². The topological polar surface area (TPSA) is 75.6 Å². The molecule has 1 unspecified atom stereocenters. The molecule has 4 rings (SSSR count). The zero-order chi connectivity index (χ0) is 25.5. The minimum Gasteiger partial charge on any atom is -0.497 e. The highest BCUT2D eigenvalue weighted by Gasteiger charge is 2.37.